The fourth-order valence-electron chi connectivity index (χ4n) is 2.15. The molecule has 106 valence electrons. The van der Waals surface area contributed by atoms with Crippen LogP contribution < -0.4 is 10.4 Å². The van der Waals surface area contributed by atoms with Gasteiger partial charge in [0.1, 0.15) is 17.9 Å². The van der Waals surface area contributed by atoms with Crippen LogP contribution in [0, 0.1) is 6.92 Å². The minimum Gasteiger partial charge on any atom is -0.489 e. The second kappa shape index (κ2) is 5.62. The Morgan fingerprint density at radius 3 is 2.67 bits per heavy atom. The van der Waals surface area contributed by atoms with Crippen LogP contribution >= 0.6 is 11.6 Å². The maximum absolute atomic E-state index is 11.7. The zero-order valence-corrected chi connectivity index (χ0v) is 12.2. The van der Waals surface area contributed by atoms with Crippen molar-refractivity contribution in [1.29, 1.82) is 0 Å². The molecule has 0 bridgehead atoms. The van der Waals surface area contributed by atoms with Crippen LogP contribution in [0.15, 0.2) is 57.7 Å². The van der Waals surface area contributed by atoms with Gasteiger partial charge in [0.15, 0.2) is 0 Å². The Hall–Kier alpha value is -2.26. The van der Waals surface area contributed by atoms with Gasteiger partial charge in [0.05, 0.1) is 0 Å². The van der Waals surface area contributed by atoms with Gasteiger partial charge in [-0.05, 0) is 36.8 Å². The van der Waals surface area contributed by atoms with E-state index in [9.17, 15) is 4.79 Å². The van der Waals surface area contributed by atoms with Crippen LogP contribution in [0.1, 0.15) is 11.1 Å². The molecule has 0 spiro atoms. The van der Waals surface area contributed by atoms with Crippen molar-refractivity contribution < 1.29 is 9.15 Å². The summed E-state index contributed by atoms with van der Waals surface area (Å²) in [6.07, 6.45) is 0. The third-order valence-electron chi connectivity index (χ3n) is 3.25. The summed E-state index contributed by atoms with van der Waals surface area (Å²) in [5.41, 5.74) is 1.76. The second-order valence-corrected chi connectivity index (χ2v) is 5.20. The number of halogens is 1. The van der Waals surface area contributed by atoms with E-state index in [1.54, 1.807) is 12.1 Å². The summed E-state index contributed by atoms with van der Waals surface area (Å²) in [5, 5.41) is 1.43. The van der Waals surface area contributed by atoms with E-state index in [-0.39, 0.29) is 6.61 Å². The van der Waals surface area contributed by atoms with E-state index in [1.807, 2.05) is 37.3 Å². The number of hydrogen-bond donors (Lipinski definition) is 0. The van der Waals surface area contributed by atoms with Crippen molar-refractivity contribution in [3.05, 3.63) is 75.1 Å². The molecule has 0 N–H and O–H groups in total. The smallest absolute Gasteiger partial charge is 0.336 e. The van der Waals surface area contributed by atoms with Gasteiger partial charge in [-0.1, -0.05) is 29.8 Å². The number of para-hydroxylation sites is 1. The number of rotatable bonds is 3. The monoisotopic (exact) mass is 300 g/mol. The average Bonchev–Trinajstić information content (AvgIpc) is 2.48. The van der Waals surface area contributed by atoms with Gasteiger partial charge < -0.3 is 9.15 Å². The molecule has 0 fully saturated rings. The first-order chi connectivity index (χ1) is 10.1. The first-order valence-electron chi connectivity index (χ1n) is 6.54. The molecular weight excluding hydrogens is 288 g/mol. The molecule has 0 amide bonds. The quantitative estimate of drug-likeness (QED) is 0.676. The molecule has 0 aliphatic carbocycles. The van der Waals surface area contributed by atoms with Gasteiger partial charge in [0.25, 0.3) is 0 Å². The summed E-state index contributed by atoms with van der Waals surface area (Å²) >= 11 is 6.16. The zero-order chi connectivity index (χ0) is 14.8. The molecule has 0 aliphatic rings. The highest BCUT2D eigenvalue weighted by molar-refractivity contribution is 6.32. The SMILES string of the molecule is Cc1cc2oc(=O)cc(COc3ccccc3)c2cc1Cl. The predicted octanol–water partition coefficient (Wildman–Crippen LogP) is 4.33. The first kappa shape index (κ1) is 13.7. The van der Waals surface area contributed by atoms with E-state index in [4.69, 9.17) is 20.8 Å². The summed E-state index contributed by atoms with van der Waals surface area (Å²) in [7, 11) is 0. The molecule has 4 heteroatoms. The molecule has 2 aromatic carbocycles. The standard InChI is InChI=1S/C17H13ClO3/c1-11-7-16-14(9-15(11)18)12(8-17(19)21-16)10-20-13-5-3-2-4-6-13/h2-9H,10H2,1H3. The van der Waals surface area contributed by atoms with Crippen molar-refractivity contribution in [3.8, 4) is 5.75 Å². The maximum Gasteiger partial charge on any atom is 0.336 e. The van der Waals surface area contributed by atoms with Crippen molar-refractivity contribution in [2.24, 2.45) is 0 Å². The molecule has 1 aromatic heterocycles. The fraction of sp³-hybridized carbons (Fsp3) is 0.118. The Labute approximate surface area is 126 Å². The molecule has 0 saturated heterocycles. The molecule has 0 radical (unpaired) electrons. The largest absolute Gasteiger partial charge is 0.489 e. The molecule has 0 atom stereocenters. The Bertz CT molecular complexity index is 838. The number of ether oxygens (including phenoxy) is 1. The summed E-state index contributed by atoms with van der Waals surface area (Å²) in [5.74, 6) is 0.747. The van der Waals surface area contributed by atoms with Gasteiger partial charge in [-0.3, -0.25) is 0 Å². The summed E-state index contributed by atoms with van der Waals surface area (Å²) < 4.78 is 10.9. The lowest BCUT2D eigenvalue weighted by Gasteiger charge is -2.09. The van der Waals surface area contributed by atoms with E-state index < -0.39 is 5.63 Å². The third kappa shape index (κ3) is 2.93. The fourth-order valence-corrected chi connectivity index (χ4v) is 2.31. The average molecular weight is 301 g/mol. The number of hydrogen-bond acceptors (Lipinski definition) is 3. The van der Waals surface area contributed by atoms with E-state index in [2.05, 4.69) is 0 Å². The minimum atomic E-state index is -0.393. The Balaban J connectivity index is 2.01. The highest BCUT2D eigenvalue weighted by atomic mass is 35.5. The van der Waals surface area contributed by atoms with Crippen molar-refractivity contribution in [3.63, 3.8) is 0 Å². The summed E-state index contributed by atoms with van der Waals surface area (Å²) in [4.78, 5) is 11.7. The lowest BCUT2D eigenvalue weighted by Crippen LogP contribution is -2.04. The second-order valence-electron chi connectivity index (χ2n) is 4.79. The molecule has 1 heterocycles. The van der Waals surface area contributed by atoms with E-state index in [0.717, 1.165) is 22.3 Å². The molecular formula is C17H13ClO3. The number of aryl methyl sites for hydroxylation is 1. The van der Waals surface area contributed by atoms with Gasteiger partial charge in [-0.2, -0.15) is 0 Å². The van der Waals surface area contributed by atoms with Gasteiger partial charge in [-0.25, -0.2) is 4.79 Å². The van der Waals surface area contributed by atoms with E-state index >= 15 is 0 Å². The van der Waals surface area contributed by atoms with Gasteiger partial charge in [-0.15, -0.1) is 0 Å². The lowest BCUT2D eigenvalue weighted by molar-refractivity contribution is 0.306. The predicted molar refractivity (Wildman–Crippen MR) is 83.0 cm³/mol. The van der Waals surface area contributed by atoms with Crippen molar-refractivity contribution >= 4 is 22.6 Å². The zero-order valence-electron chi connectivity index (χ0n) is 11.4. The Kier molecular flexibility index (Phi) is 3.67. The molecule has 3 nitrogen and oxygen atoms in total. The minimum absolute atomic E-state index is 0.283. The van der Waals surface area contributed by atoms with Crippen LogP contribution in [-0.2, 0) is 6.61 Å². The Morgan fingerprint density at radius 2 is 1.90 bits per heavy atom. The molecule has 3 rings (SSSR count). The molecule has 0 saturated carbocycles. The molecule has 0 aliphatic heterocycles. The van der Waals surface area contributed by atoms with Crippen LogP contribution in [0.3, 0.4) is 0 Å². The normalized spacial score (nSPS) is 10.8. The van der Waals surface area contributed by atoms with Gasteiger partial charge in [0.2, 0.25) is 0 Å². The van der Waals surface area contributed by atoms with Crippen LogP contribution in [-0.4, -0.2) is 0 Å². The van der Waals surface area contributed by atoms with Crippen LogP contribution in [0.5, 0.6) is 5.75 Å². The highest BCUT2D eigenvalue weighted by Gasteiger charge is 2.09. The van der Waals surface area contributed by atoms with Crippen molar-refractivity contribution in [1.82, 2.24) is 0 Å². The lowest BCUT2D eigenvalue weighted by atomic mass is 10.1. The van der Waals surface area contributed by atoms with E-state index in [0.29, 0.717) is 10.6 Å². The topological polar surface area (TPSA) is 39.4 Å². The number of fused-ring (bicyclic) bond motifs is 1. The van der Waals surface area contributed by atoms with Crippen LogP contribution in [0.2, 0.25) is 5.02 Å². The highest BCUT2D eigenvalue weighted by Crippen LogP contribution is 2.25. The van der Waals surface area contributed by atoms with Gasteiger partial charge >= 0.3 is 5.63 Å². The van der Waals surface area contributed by atoms with E-state index in [1.165, 1.54) is 6.07 Å². The first-order valence-corrected chi connectivity index (χ1v) is 6.92. The van der Waals surface area contributed by atoms with Gasteiger partial charge in [0, 0.05) is 22.0 Å². The van der Waals surface area contributed by atoms with Crippen molar-refractivity contribution in [2.45, 2.75) is 13.5 Å². The third-order valence-corrected chi connectivity index (χ3v) is 3.65. The molecule has 3 aromatic rings. The van der Waals surface area contributed by atoms with Crippen molar-refractivity contribution in [2.75, 3.05) is 0 Å². The Morgan fingerprint density at radius 1 is 1.14 bits per heavy atom. The number of benzene rings is 2. The molecule has 21 heavy (non-hydrogen) atoms. The summed E-state index contributed by atoms with van der Waals surface area (Å²) in [6, 6.07) is 14.5. The van der Waals surface area contributed by atoms with Crippen LogP contribution in [0.25, 0.3) is 11.0 Å². The summed E-state index contributed by atoms with van der Waals surface area (Å²) in [6.45, 7) is 2.15. The van der Waals surface area contributed by atoms with Crippen LogP contribution in [0.4, 0.5) is 0 Å². The maximum atomic E-state index is 11.7. The molecule has 0 unspecified atom stereocenters.